The summed E-state index contributed by atoms with van der Waals surface area (Å²) in [5, 5.41) is 4.36. The van der Waals surface area contributed by atoms with E-state index in [2.05, 4.69) is 15.1 Å². The molecule has 0 amide bonds. The molecule has 1 fully saturated rings. The summed E-state index contributed by atoms with van der Waals surface area (Å²) in [6.07, 6.45) is -2.70. The molecule has 1 aliphatic rings. The smallest absolute Gasteiger partial charge is 0.348 e. The molecule has 0 radical (unpaired) electrons. The number of anilines is 1. The van der Waals surface area contributed by atoms with Gasteiger partial charge in [0.2, 0.25) is 5.95 Å². The van der Waals surface area contributed by atoms with E-state index in [0.29, 0.717) is 5.56 Å². The van der Waals surface area contributed by atoms with E-state index in [4.69, 9.17) is 0 Å². The first kappa shape index (κ1) is 19.4. The van der Waals surface area contributed by atoms with Gasteiger partial charge in [0.15, 0.2) is 5.65 Å². The van der Waals surface area contributed by atoms with Crippen LogP contribution in [0.3, 0.4) is 0 Å². The Kier molecular flexibility index (Phi) is 4.59. The Bertz CT molecular complexity index is 1100. The van der Waals surface area contributed by atoms with Crippen molar-refractivity contribution < 1.29 is 17.6 Å². The second-order valence-corrected chi connectivity index (χ2v) is 7.41. The molecule has 1 unspecified atom stereocenters. The maximum absolute atomic E-state index is 13.6. The summed E-state index contributed by atoms with van der Waals surface area (Å²) in [7, 11) is 3.41. The standard InChI is InChI=1S/C19H19F4N5O/c1-27(2)18-24-16-14(17(29)25-18)13(9-20)26-28(16)15(10-3-4-10)11-5-7-12(8-6-11)19(21,22)23/h5-8,10,15H,3-4,9H2,1-2H3,(H,24,25,29). The van der Waals surface area contributed by atoms with Gasteiger partial charge in [0.25, 0.3) is 5.56 Å². The molecular weight excluding hydrogens is 390 g/mol. The van der Waals surface area contributed by atoms with E-state index in [-0.39, 0.29) is 28.6 Å². The second-order valence-electron chi connectivity index (χ2n) is 7.41. The predicted octanol–water partition coefficient (Wildman–Crippen LogP) is 3.67. The molecule has 29 heavy (non-hydrogen) atoms. The Labute approximate surface area is 163 Å². The number of fused-ring (bicyclic) bond motifs is 1. The quantitative estimate of drug-likeness (QED) is 0.653. The summed E-state index contributed by atoms with van der Waals surface area (Å²) in [4.78, 5) is 21.2. The first-order chi connectivity index (χ1) is 13.7. The van der Waals surface area contributed by atoms with Gasteiger partial charge in [0.05, 0.1) is 11.6 Å². The van der Waals surface area contributed by atoms with Crippen LogP contribution in [0.2, 0.25) is 0 Å². The zero-order chi connectivity index (χ0) is 20.9. The molecule has 1 aliphatic carbocycles. The largest absolute Gasteiger partial charge is 0.416 e. The minimum absolute atomic E-state index is 0.0309. The van der Waals surface area contributed by atoms with Crippen molar-refractivity contribution in [1.82, 2.24) is 19.7 Å². The molecule has 1 N–H and O–H groups in total. The number of H-pyrrole nitrogens is 1. The molecule has 4 rings (SSSR count). The Hall–Kier alpha value is -2.91. The molecule has 2 heterocycles. The monoisotopic (exact) mass is 409 g/mol. The average Bonchev–Trinajstić information content (AvgIpc) is 3.42. The van der Waals surface area contributed by atoms with Gasteiger partial charge in [0, 0.05) is 14.1 Å². The number of hydrogen-bond donors (Lipinski definition) is 1. The van der Waals surface area contributed by atoms with E-state index < -0.39 is 30.0 Å². The molecular formula is C19H19F4N5O. The van der Waals surface area contributed by atoms with Crippen LogP contribution in [0.15, 0.2) is 29.1 Å². The molecule has 0 bridgehead atoms. The number of nitrogens with one attached hydrogen (secondary N) is 1. The lowest BCUT2D eigenvalue weighted by Crippen LogP contribution is -2.21. The normalized spacial score (nSPS) is 15.7. The number of aromatic nitrogens is 4. The minimum atomic E-state index is -4.43. The summed E-state index contributed by atoms with van der Waals surface area (Å²) in [6, 6.07) is 4.45. The van der Waals surface area contributed by atoms with Gasteiger partial charge in [0.1, 0.15) is 17.8 Å². The lowest BCUT2D eigenvalue weighted by Gasteiger charge is -2.19. The number of halogens is 4. The topological polar surface area (TPSA) is 66.8 Å². The molecule has 1 saturated carbocycles. The highest BCUT2D eigenvalue weighted by Crippen LogP contribution is 2.44. The van der Waals surface area contributed by atoms with Crippen LogP contribution < -0.4 is 10.5 Å². The SMILES string of the molecule is CN(C)c1nc2c(c(CF)nn2C(c2ccc(C(F)(F)F)cc2)C2CC2)c(=O)[nH]1. The second kappa shape index (κ2) is 6.85. The van der Waals surface area contributed by atoms with Crippen LogP contribution in [0, 0.1) is 5.92 Å². The zero-order valence-electron chi connectivity index (χ0n) is 15.8. The summed E-state index contributed by atoms with van der Waals surface area (Å²) >= 11 is 0. The Morgan fingerprint density at radius 2 is 1.90 bits per heavy atom. The Balaban J connectivity index is 1.89. The third-order valence-corrected chi connectivity index (χ3v) is 5.08. The average molecular weight is 409 g/mol. The maximum atomic E-state index is 13.6. The third kappa shape index (κ3) is 3.47. The van der Waals surface area contributed by atoms with Crippen molar-refractivity contribution in [2.75, 3.05) is 19.0 Å². The number of alkyl halides is 4. The molecule has 0 saturated heterocycles. The number of hydrogen-bond acceptors (Lipinski definition) is 4. The summed E-state index contributed by atoms with van der Waals surface area (Å²) in [6.45, 7) is -0.944. The summed E-state index contributed by atoms with van der Waals surface area (Å²) < 4.78 is 53.8. The number of nitrogens with zero attached hydrogens (tertiary/aromatic N) is 4. The van der Waals surface area contributed by atoms with Crippen LogP contribution in [0.1, 0.15) is 35.7 Å². The molecule has 0 spiro atoms. The van der Waals surface area contributed by atoms with Gasteiger partial charge < -0.3 is 4.90 Å². The van der Waals surface area contributed by atoms with Crippen molar-refractivity contribution >= 4 is 17.0 Å². The van der Waals surface area contributed by atoms with Crippen molar-refractivity contribution in [3.63, 3.8) is 0 Å². The fraction of sp³-hybridized carbons (Fsp3) is 0.421. The molecule has 10 heteroatoms. The minimum Gasteiger partial charge on any atom is -0.348 e. The zero-order valence-corrected chi connectivity index (χ0v) is 15.8. The predicted molar refractivity (Wildman–Crippen MR) is 99.6 cm³/mol. The molecule has 1 atom stereocenters. The van der Waals surface area contributed by atoms with Gasteiger partial charge >= 0.3 is 6.18 Å². The molecule has 154 valence electrons. The van der Waals surface area contributed by atoms with Crippen molar-refractivity contribution in [3.8, 4) is 0 Å². The van der Waals surface area contributed by atoms with Crippen LogP contribution in [0.5, 0.6) is 0 Å². The summed E-state index contributed by atoms with van der Waals surface area (Å²) in [5.74, 6) is 0.419. The Morgan fingerprint density at radius 1 is 1.24 bits per heavy atom. The van der Waals surface area contributed by atoms with Crippen LogP contribution in [0.25, 0.3) is 11.0 Å². The van der Waals surface area contributed by atoms with Gasteiger partial charge in [-0.05, 0) is 36.5 Å². The van der Waals surface area contributed by atoms with E-state index in [1.54, 1.807) is 19.0 Å². The molecule has 6 nitrogen and oxygen atoms in total. The molecule has 1 aromatic carbocycles. The molecule has 3 aromatic rings. The molecule has 0 aliphatic heterocycles. The highest BCUT2D eigenvalue weighted by atomic mass is 19.4. The number of benzene rings is 1. The van der Waals surface area contributed by atoms with Crippen molar-refractivity contribution in [1.29, 1.82) is 0 Å². The van der Waals surface area contributed by atoms with E-state index in [1.165, 1.54) is 16.8 Å². The summed E-state index contributed by atoms with van der Waals surface area (Å²) in [5.41, 5.74) is -0.433. The van der Waals surface area contributed by atoms with Gasteiger partial charge in [-0.2, -0.15) is 23.3 Å². The number of rotatable bonds is 5. The molecule has 2 aromatic heterocycles. The maximum Gasteiger partial charge on any atom is 0.416 e. The van der Waals surface area contributed by atoms with Gasteiger partial charge in [-0.3, -0.25) is 9.78 Å². The fourth-order valence-electron chi connectivity index (χ4n) is 3.50. The fourth-order valence-corrected chi connectivity index (χ4v) is 3.50. The lowest BCUT2D eigenvalue weighted by molar-refractivity contribution is -0.137. The van der Waals surface area contributed by atoms with Crippen molar-refractivity contribution in [2.24, 2.45) is 5.92 Å². The Morgan fingerprint density at radius 3 is 2.41 bits per heavy atom. The number of aromatic amines is 1. The van der Waals surface area contributed by atoms with Crippen LogP contribution in [0.4, 0.5) is 23.5 Å². The highest BCUT2D eigenvalue weighted by Gasteiger charge is 2.37. The van der Waals surface area contributed by atoms with Crippen molar-refractivity contribution in [3.05, 3.63) is 51.4 Å². The third-order valence-electron chi connectivity index (χ3n) is 5.08. The van der Waals surface area contributed by atoms with Crippen LogP contribution >= 0.6 is 0 Å². The first-order valence-corrected chi connectivity index (χ1v) is 9.12. The van der Waals surface area contributed by atoms with Gasteiger partial charge in [-0.1, -0.05) is 12.1 Å². The van der Waals surface area contributed by atoms with Crippen LogP contribution in [-0.4, -0.2) is 33.8 Å². The highest BCUT2D eigenvalue weighted by molar-refractivity contribution is 5.78. The van der Waals surface area contributed by atoms with E-state index in [0.717, 1.165) is 25.0 Å². The van der Waals surface area contributed by atoms with Gasteiger partial charge in [-0.15, -0.1) is 0 Å². The lowest BCUT2D eigenvalue weighted by atomic mass is 10.0. The van der Waals surface area contributed by atoms with Crippen LogP contribution in [-0.2, 0) is 12.9 Å². The van der Waals surface area contributed by atoms with E-state index in [9.17, 15) is 22.4 Å². The van der Waals surface area contributed by atoms with Crippen molar-refractivity contribution in [2.45, 2.75) is 31.7 Å². The first-order valence-electron chi connectivity index (χ1n) is 9.12. The van der Waals surface area contributed by atoms with Gasteiger partial charge in [-0.25, -0.2) is 9.07 Å². The van der Waals surface area contributed by atoms with E-state index >= 15 is 0 Å². The van der Waals surface area contributed by atoms with E-state index in [1.807, 2.05) is 0 Å².